The van der Waals surface area contributed by atoms with Gasteiger partial charge in [0.2, 0.25) is 0 Å². The van der Waals surface area contributed by atoms with E-state index in [2.05, 4.69) is 6.92 Å². The van der Waals surface area contributed by atoms with E-state index >= 15 is 0 Å². The van der Waals surface area contributed by atoms with Crippen LogP contribution in [-0.4, -0.2) is 14.2 Å². The molecule has 0 aromatic carbocycles. The summed E-state index contributed by atoms with van der Waals surface area (Å²) in [7, 11) is -0.728. The third-order valence-electron chi connectivity index (χ3n) is 9.96. The van der Waals surface area contributed by atoms with Crippen LogP contribution >= 0.6 is 7.82 Å². The summed E-state index contributed by atoms with van der Waals surface area (Å²) in [6.07, 6.45) is 56.0. The Morgan fingerprint density at radius 1 is 0.362 bits per heavy atom. The van der Waals surface area contributed by atoms with E-state index in [1.807, 2.05) is 6.08 Å². The second-order valence-electron chi connectivity index (χ2n) is 14.5. The van der Waals surface area contributed by atoms with Crippen LogP contribution in [0.1, 0.15) is 244 Å². The molecule has 0 aliphatic carbocycles. The molecule has 4 nitrogen and oxygen atoms in total. The first-order valence-corrected chi connectivity index (χ1v) is 22.7. The molecule has 0 aliphatic rings. The Labute approximate surface area is 296 Å². The number of phosphoric ester groups is 1. The predicted molar refractivity (Wildman–Crippen MR) is 208 cm³/mol. The van der Waals surface area contributed by atoms with E-state index in [4.69, 9.17) is 13.6 Å². The van der Waals surface area contributed by atoms with E-state index < -0.39 is 7.82 Å². The van der Waals surface area contributed by atoms with Gasteiger partial charge in [-0.1, -0.05) is 232 Å². The summed E-state index contributed by atoms with van der Waals surface area (Å²) in [4.78, 5) is 0. The molecule has 0 heterocycles. The lowest BCUT2D eigenvalue weighted by Crippen LogP contribution is -1.89. The van der Waals surface area contributed by atoms with Gasteiger partial charge in [-0.15, -0.1) is 0 Å². The van der Waals surface area contributed by atoms with Crippen LogP contribution in [0, 0.1) is 0 Å². The van der Waals surface area contributed by atoms with Crippen LogP contribution in [-0.2, 0) is 18.1 Å². The highest BCUT2D eigenvalue weighted by Gasteiger charge is 2.21. The predicted octanol–water partition coefficient (Wildman–Crippen LogP) is 16.4. The Morgan fingerprint density at radius 2 is 0.574 bits per heavy atom. The number of rotatable bonds is 41. The van der Waals surface area contributed by atoms with Crippen LogP contribution in [0.2, 0.25) is 0 Å². The molecule has 282 valence electrons. The molecule has 0 aromatic heterocycles. The molecule has 0 unspecified atom stereocenters. The quantitative estimate of drug-likeness (QED) is 0.0365. The maximum atomic E-state index is 11.7. The number of hydrogen-bond acceptors (Lipinski definition) is 4. The standard InChI is InChI=1S/C42H85O4P/c1-4-5-6-7-8-9-10-11-12-13-14-15-16-17-18-19-20-21-22-23-24-25-26-27-28-29-30-31-32-33-34-35-36-37-38-39-40-41-42-46-47(43,44-2)45-3/h41-42H,4-40H2,1-3H3. The Kier molecular flexibility index (Phi) is 39.9. The van der Waals surface area contributed by atoms with Crippen molar-refractivity contribution >= 4 is 7.82 Å². The second-order valence-corrected chi connectivity index (χ2v) is 16.3. The SMILES string of the molecule is CCCCCCCCCCCCCCCCCCCCCCCCCCCCCCCCCCCCCCC=COP(=O)(OC)OC. The van der Waals surface area contributed by atoms with Crippen molar-refractivity contribution in [3.05, 3.63) is 12.3 Å². The van der Waals surface area contributed by atoms with E-state index in [1.54, 1.807) is 0 Å². The normalized spacial score (nSPS) is 12.1. The molecule has 0 amide bonds. The fourth-order valence-corrected chi connectivity index (χ4v) is 7.25. The Balaban J connectivity index is 3.11. The van der Waals surface area contributed by atoms with Crippen molar-refractivity contribution in [3.8, 4) is 0 Å². The van der Waals surface area contributed by atoms with Crippen molar-refractivity contribution in [1.29, 1.82) is 0 Å². The summed E-state index contributed by atoms with van der Waals surface area (Å²) in [6, 6.07) is 0. The molecular weight excluding hydrogens is 599 g/mol. The maximum Gasteiger partial charge on any atom is 0.528 e. The molecular formula is C42H85O4P. The van der Waals surface area contributed by atoms with Crippen LogP contribution < -0.4 is 0 Å². The van der Waals surface area contributed by atoms with Gasteiger partial charge in [0, 0.05) is 14.2 Å². The number of hydrogen-bond donors (Lipinski definition) is 0. The molecule has 0 radical (unpaired) electrons. The van der Waals surface area contributed by atoms with Gasteiger partial charge in [-0.05, 0) is 18.9 Å². The monoisotopic (exact) mass is 685 g/mol. The molecule has 0 bridgehead atoms. The number of allylic oxidation sites excluding steroid dienone is 1. The fraction of sp³-hybridized carbons (Fsp3) is 0.952. The molecule has 0 spiro atoms. The highest BCUT2D eigenvalue weighted by atomic mass is 31.2. The third-order valence-corrected chi connectivity index (χ3v) is 11.2. The van der Waals surface area contributed by atoms with Gasteiger partial charge in [0.1, 0.15) is 0 Å². The van der Waals surface area contributed by atoms with Crippen molar-refractivity contribution in [2.75, 3.05) is 14.2 Å². The summed E-state index contributed by atoms with van der Waals surface area (Å²) in [5, 5.41) is 0. The molecule has 0 rings (SSSR count). The van der Waals surface area contributed by atoms with Crippen LogP contribution in [0.15, 0.2) is 12.3 Å². The molecule has 0 fully saturated rings. The van der Waals surface area contributed by atoms with Crippen molar-refractivity contribution < 1.29 is 18.1 Å². The average molecular weight is 685 g/mol. The summed E-state index contributed by atoms with van der Waals surface area (Å²) in [6.45, 7) is 2.30. The van der Waals surface area contributed by atoms with E-state index in [1.165, 1.54) is 245 Å². The van der Waals surface area contributed by atoms with E-state index in [0.717, 1.165) is 12.8 Å². The van der Waals surface area contributed by atoms with Crippen LogP contribution in [0.5, 0.6) is 0 Å². The molecule has 5 heteroatoms. The summed E-state index contributed by atoms with van der Waals surface area (Å²) in [5.41, 5.74) is 0. The average Bonchev–Trinajstić information content (AvgIpc) is 3.09. The Morgan fingerprint density at radius 3 is 0.787 bits per heavy atom. The van der Waals surface area contributed by atoms with Crippen molar-refractivity contribution in [1.82, 2.24) is 0 Å². The number of phosphoric acid groups is 1. The lowest BCUT2D eigenvalue weighted by atomic mass is 10.0. The van der Waals surface area contributed by atoms with Gasteiger partial charge in [-0.2, -0.15) is 0 Å². The topological polar surface area (TPSA) is 44.8 Å². The summed E-state index contributed by atoms with van der Waals surface area (Å²) < 4.78 is 26.2. The highest BCUT2D eigenvalue weighted by molar-refractivity contribution is 7.48. The first-order valence-electron chi connectivity index (χ1n) is 21.2. The lowest BCUT2D eigenvalue weighted by molar-refractivity contribution is 0.193. The zero-order valence-electron chi connectivity index (χ0n) is 32.4. The molecule has 0 atom stereocenters. The number of unbranched alkanes of at least 4 members (excludes halogenated alkanes) is 36. The van der Waals surface area contributed by atoms with E-state index in [9.17, 15) is 4.57 Å². The smallest absolute Gasteiger partial charge is 0.412 e. The zero-order chi connectivity index (χ0) is 34.2. The Hall–Kier alpha value is -0.310. The summed E-state index contributed by atoms with van der Waals surface area (Å²) >= 11 is 0. The van der Waals surface area contributed by atoms with Gasteiger partial charge >= 0.3 is 7.82 Å². The minimum atomic E-state index is -3.37. The van der Waals surface area contributed by atoms with Crippen LogP contribution in [0.4, 0.5) is 0 Å². The van der Waals surface area contributed by atoms with Gasteiger partial charge in [0.15, 0.2) is 0 Å². The van der Waals surface area contributed by atoms with Gasteiger partial charge in [-0.3, -0.25) is 9.05 Å². The van der Waals surface area contributed by atoms with Crippen LogP contribution in [0.3, 0.4) is 0 Å². The maximum absolute atomic E-state index is 11.7. The van der Waals surface area contributed by atoms with Gasteiger partial charge in [-0.25, -0.2) is 4.57 Å². The highest BCUT2D eigenvalue weighted by Crippen LogP contribution is 2.47. The molecule has 0 saturated heterocycles. The molecule has 0 N–H and O–H groups in total. The zero-order valence-corrected chi connectivity index (χ0v) is 33.3. The molecule has 0 aromatic rings. The molecule has 47 heavy (non-hydrogen) atoms. The third kappa shape index (κ3) is 38.3. The van der Waals surface area contributed by atoms with Crippen molar-refractivity contribution in [2.45, 2.75) is 244 Å². The van der Waals surface area contributed by atoms with E-state index in [0.29, 0.717) is 0 Å². The summed E-state index contributed by atoms with van der Waals surface area (Å²) in [5.74, 6) is 0. The first kappa shape index (κ1) is 46.7. The Bertz CT molecular complexity index is 645. The first-order chi connectivity index (χ1) is 23.2. The van der Waals surface area contributed by atoms with Gasteiger partial charge < -0.3 is 4.52 Å². The molecule has 0 saturated carbocycles. The fourth-order valence-electron chi connectivity index (χ4n) is 6.69. The molecule has 0 aliphatic heterocycles. The van der Waals surface area contributed by atoms with Gasteiger partial charge in [0.05, 0.1) is 6.26 Å². The minimum absolute atomic E-state index is 0.938. The van der Waals surface area contributed by atoms with Gasteiger partial charge in [0.25, 0.3) is 0 Å². The van der Waals surface area contributed by atoms with Crippen LogP contribution in [0.25, 0.3) is 0 Å². The largest absolute Gasteiger partial charge is 0.528 e. The van der Waals surface area contributed by atoms with Crippen molar-refractivity contribution in [2.24, 2.45) is 0 Å². The van der Waals surface area contributed by atoms with Crippen molar-refractivity contribution in [3.63, 3.8) is 0 Å². The minimum Gasteiger partial charge on any atom is -0.412 e. The lowest BCUT2D eigenvalue weighted by Gasteiger charge is -2.10. The second kappa shape index (κ2) is 40.1. The van der Waals surface area contributed by atoms with E-state index in [-0.39, 0.29) is 0 Å².